The molecular weight excluding hydrogens is 238 g/mol. The number of anilines is 1. The maximum absolute atomic E-state index is 5.86. The van der Waals surface area contributed by atoms with E-state index >= 15 is 0 Å². The fraction of sp³-hybridized carbons (Fsp3) is 0.571. The van der Waals surface area contributed by atoms with Gasteiger partial charge in [0.15, 0.2) is 5.65 Å². The van der Waals surface area contributed by atoms with E-state index in [1.54, 1.807) is 0 Å². The Morgan fingerprint density at radius 2 is 2.26 bits per heavy atom. The van der Waals surface area contributed by atoms with Crippen LogP contribution in [0.2, 0.25) is 0 Å². The van der Waals surface area contributed by atoms with Crippen LogP contribution in [0.1, 0.15) is 18.9 Å². The zero-order valence-electron chi connectivity index (χ0n) is 11.6. The lowest BCUT2D eigenvalue weighted by atomic mass is 9.87. The van der Waals surface area contributed by atoms with Crippen molar-refractivity contribution in [2.24, 2.45) is 17.6 Å². The molecule has 1 fully saturated rings. The van der Waals surface area contributed by atoms with Gasteiger partial charge in [0.25, 0.3) is 0 Å². The molecule has 102 valence electrons. The molecule has 1 aliphatic heterocycles. The van der Waals surface area contributed by atoms with Crippen molar-refractivity contribution in [3.05, 3.63) is 23.9 Å². The molecule has 2 unspecified atom stereocenters. The summed E-state index contributed by atoms with van der Waals surface area (Å²) in [6.45, 7) is 7.08. The molecule has 0 aliphatic carbocycles. The minimum absolute atomic E-state index is 0.544. The van der Waals surface area contributed by atoms with E-state index in [-0.39, 0.29) is 0 Å². The van der Waals surface area contributed by atoms with Crippen LogP contribution in [0.25, 0.3) is 5.65 Å². The zero-order valence-corrected chi connectivity index (χ0v) is 11.6. The summed E-state index contributed by atoms with van der Waals surface area (Å²) in [5.74, 6) is 2.07. The third kappa shape index (κ3) is 2.30. The molecule has 5 nitrogen and oxygen atoms in total. The van der Waals surface area contributed by atoms with Crippen molar-refractivity contribution in [2.45, 2.75) is 20.3 Å². The van der Waals surface area contributed by atoms with Crippen LogP contribution >= 0.6 is 0 Å². The van der Waals surface area contributed by atoms with Crippen LogP contribution in [0.4, 0.5) is 5.95 Å². The van der Waals surface area contributed by atoms with E-state index in [4.69, 9.17) is 5.73 Å². The van der Waals surface area contributed by atoms with Crippen LogP contribution in [-0.2, 0) is 0 Å². The van der Waals surface area contributed by atoms with Crippen LogP contribution < -0.4 is 10.6 Å². The highest BCUT2D eigenvalue weighted by Crippen LogP contribution is 2.25. The monoisotopic (exact) mass is 259 g/mol. The number of nitrogens with two attached hydrogens (primary N) is 1. The van der Waals surface area contributed by atoms with E-state index in [9.17, 15) is 0 Å². The van der Waals surface area contributed by atoms with Gasteiger partial charge < -0.3 is 10.6 Å². The van der Waals surface area contributed by atoms with Gasteiger partial charge in [-0.15, -0.1) is 5.10 Å². The average Bonchev–Trinajstić information content (AvgIpc) is 2.82. The second-order valence-electron chi connectivity index (χ2n) is 5.63. The first-order valence-corrected chi connectivity index (χ1v) is 6.95. The minimum atomic E-state index is 0.544. The zero-order chi connectivity index (χ0) is 13.4. The minimum Gasteiger partial charge on any atom is -0.339 e. The van der Waals surface area contributed by atoms with E-state index in [2.05, 4.69) is 34.9 Å². The molecule has 2 aromatic heterocycles. The van der Waals surface area contributed by atoms with Crippen LogP contribution in [0.15, 0.2) is 18.3 Å². The fourth-order valence-corrected chi connectivity index (χ4v) is 2.75. The summed E-state index contributed by atoms with van der Waals surface area (Å²) in [4.78, 5) is 6.87. The Bertz CT molecular complexity index is 576. The highest BCUT2D eigenvalue weighted by molar-refractivity contribution is 5.45. The third-order valence-corrected chi connectivity index (χ3v) is 4.17. The summed E-state index contributed by atoms with van der Waals surface area (Å²) < 4.78 is 1.86. The van der Waals surface area contributed by atoms with Crippen LogP contribution in [0.5, 0.6) is 0 Å². The summed E-state index contributed by atoms with van der Waals surface area (Å²) >= 11 is 0. The van der Waals surface area contributed by atoms with Crippen molar-refractivity contribution in [1.29, 1.82) is 0 Å². The van der Waals surface area contributed by atoms with Gasteiger partial charge in [0.2, 0.25) is 5.95 Å². The number of aryl methyl sites for hydroxylation is 1. The number of hydrogen-bond donors (Lipinski definition) is 1. The first-order chi connectivity index (χ1) is 9.17. The van der Waals surface area contributed by atoms with Gasteiger partial charge in [-0.2, -0.15) is 4.98 Å². The number of pyridine rings is 1. The normalized spacial score (nSPS) is 24.1. The molecule has 1 saturated heterocycles. The molecule has 0 amide bonds. The molecule has 2 aromatic rings. The van der Waals surface area contributed by atoms with E-state index in [1.807, 2.05) is 16.8 Å². The van der Waals surface area contributed by atoms with Gasteiger partial charge in [-0.3, -0.25) is 0 Å². The number of nitrogens with zero attached hydrogens (tertiary/aromatic N) is 4. The number of aromatic nitrogens is 3. The molecule has 1 aliphatic rings. The summed E-state index contributed by atoms with van der Waals surface area (Å²) in [6.07, 6.45) is 3.18. The topological polar surface area (TPSA) is 59.5 Å². The Labute approximate surface area is 113 Å². The largest absolute Gasteiger partial charge is 0.339 e. The molecule has 19 heavy (non-hydrogen) atoms. The predicted octanol–water partition coefficient (Wildman–Crippen LogP) is 1.46. The molecule has 0 aromatic carbocycles. The van der Waals surface area contributed by atoms with Gasteiger partial charge in [-0.1, -0.05) is 13.0 Å². The SMILES string of the molecule is Cc1ccc2nc(N3CCC(C)C(CN)C3)nn2c1. The molecule has 2 atom stereocenters. The quantitative estimate of drug-likeness (QED) is 0.887. The van der Waals surface area contributed by atoms with Gasteiger partial charge in [0, 0.05) is 19.3 Å². The van der Waals surface area contributed by atoms with Crippen molar-refractivity contribution in [2.75, 3.05) is 24.5 Å². The Morgan fingerprint density at radius 1 is 1.42 bits per heavy atom. The molecule has 3 rings (SSSR count). The average molecular weight is 259 g/mol. The second kappa shape index (κ2) is 4.81. The fourth-order valence-electron chi connectivity index (χ4n) is 2.75. The molecule has 0 radical (unpaired) electrons. The highest BCUT2D eigenvalue weighted by Gasteiger charge is 2.27. The summed E-state index contributed by atoms with van der Waals surface area (Å²) in [6, 6.07) is 4.08. The highest BCUT2D eigenvalue weighted by atomic mass is 15.4. The van der Waals surface area contributed by atoms with E-state index in [0.29, 0.717) is 11.8 Å². The van der Waals surface area contributed by atoms with E-state index in [1.165, 1.54) is 5.56 Å². The van der Waals surface area contributed by atoms with Gasteiger partial charge >= 0.3 is 0 Å². The van der Waals surface area contributed by atoms with Gasteiger partial charge in [0.05, 0.1) is 0 Å². The molecule has 3 heterocycles. The number of hydrogen-bond acceptors (Lipinski definition) is 4. The van der Waals surface area contributed by atoms with Crippen molar-refractivity contribution in [1.82, 2.24) is 14.6 Å². The number of piperidine rings is 1. The van der Waals surface area contributed by atoms with Crippen molar-refractivity contribution in [3.8, 4) is 0 Å². The van der Waals surface area contributed by atoms with E-state index < -0.39 is 0 Å². The first kappa shape index (κ1) is 12.4. The Hall–Kier alpha value is -1.62. The summed E-state index contributed by atoms with van der Waals surface area (Å²) in [5, 5.41) is 4.58. The maximum atomic E-state index is 5.86. The smallest absolute Gasteiger partial charge is 0.245 e. The lowest BCUT2D eigenvalue weighted by Gasteiger charge is -2.35. The molecule has 0 bridgehead atoms. The van der Waals surface area contributed by atoms with Crippen molar-refractivity contribution in [3.63, 3.8) is 0 Å². The number of fused-ring (bicyclic) bond motifs is 1. The molecular formula is C14H21N5. The molecule has 2 N–H and O–H groups in total. The molecule has 5 heteroatoms. The lowest BCUT2D eigenvalue weighted by Crippen LogP contribution is -2.43. The van der Waals surface area contributed by atoms with Crippen LogP contribution in [-0.4, -0.2) is 34.2 Å². The van der Waals surface area contributed by atoms with Crippen molar-refractivity contribution >= 4 is 11.6 Å². The first-order valence-electron chi connectivity index (χ1n) is 6.95. The predicted molar refractivity (Wildman–Crippen MR) is 76.3 cm³/mol. The van der Waals surface area contributed by atoms with Crippen molar-refractivity contribution < 1.29 is 0 Å². The van der Waals surface area contributed by atoms with E-state index in [0.717, 1.165) is 37.7 Å². The molecule has 0 spiro atoms. The second-order valence-corrected chi connectivity index (χ2v) is 5.63. The van der Waals surface area contributed by atoms with Crippen LogP contribution in [0, 0.1) is 18.8 Å². The number of rotatable bonds is 2. The van der Waals surface area contributed by atoms with Gasteiger partial charge in [-0.05, 0) is 43.4 Å². The summed E-state index contributed by atoms with van der Waals surface area (Å²) in [7, 11) is 0. The standard InChI is InChI=1S/C14H21N5/c1-10-3-4-13-16-14(17-19(13)8-10)18-6-5-11(2)12(7-15)9-18/h3-4,8,11-12H,5-7,9,15H2,1-2H3. The third-order valence-electron chi connectivity index (χ3n) is 4.17. The Balaban J connectivity index is 1.87. The Kier molecular flexibility index (Phi) is 3.14. The lowest BCUT2D eigenvalue weighted by molar-refractivity contribution is 0.306. The Morgan fingerprint density at radius 3 is 3.05 bits per heavy atom. The van der Waals surface area contributed by atoms with Crippen LogP contribution in [0.3, 0.4) is 0 Å². The van der Waals surface area contributed by atoms with Gasteiger partial charge in [0.1, 0.15) is 0 Å². The molecule has 0 saturated carbocycles. The maximum Gasteiger partial charge on any atom is 0.245 e. The summed E-state index contributed by atoms with van der Waals surface area (Å²) in [5.41, 5.74) is 7.95. The van der Waals surface area contributed by atoms with Gasteiger partial charge in [-0.25, -0.2) is 4.52 Å².